The molecule has 2 aromatic carbocycles. The fourth-order valence-electron chi connectivity index (χ4n) is 2.51. The first kappa shape index (κ1) is 18.6. The molecule has 0 aliphatic carbocycles. The van der Waals surface area contributed by atoms with Gasteiger partial charge >= 0.3 is 6.09 Å². The van der Waals surface area contributed by atoms with E-state index in [0.29, 0.717) is 6.54 Å². The summed E-state index contributed by atoms with van der Waals surface area (Å²) in [5.41, 5.74) is 3.20. The van der Waals surface area contributed by atoms with E-state index >= 15 is 0 Å². The number of halogens is 1. The van der Waals surface area contributed by atoms with Gasteiger partial charge in [-0.15, -0.1) is 0 Å². The molecule has 0 radical (unpaired) electrons. The van der Waals surface area contributed by atoms with Crippen LogP contribution in [0.3, 0.4) is 0 Å². The van der Waals surface area contributed by atoms with Crippen molar-refractivity contribution in [2.24, 2.45) is 0 Å². The molecule has 0 aliphatic heterocycles. The van der Waals surface area contributed by atoms with Crippen molar-refractivity contribution in [2.45, 2.75) is 32.9 Å². The van der Waals surface area contributed by atoms with Gasteiger partial charge in [-0.2, -0.15) is 5.10 Å². The van der Waals surface area contributed by atoms with Crippen molar-refractivity contribution in [3.05, 3.63) is 72.3 Å². The zero-order chi connectivity index (χ0) is 19.4. The van der Waals surface area contributed by atoms with Crippen molar-refractivity contribution in [2.75, 3.05) is 0 Å². The molecule has 0 atom stereocenters. The first-order valence-electron chi connectivity index (χ1n) is 8.67. The Morgan fingerprint density at radius 3 is 2.37 bits per heavy atom. The molecule has 3 rings (SSSR count). The largest absolute Gasteiger partial charge is 0.444 e. The Kier molecular flexibility index (Phi) is 5.26. The van der Waals surface area contributed by atoms with E-state index in [0.717, 1.165) is 22.4 Å². The lowest BCUT2D eigenvalue weighted by Crippen LogP contribution is -2.32. The maximum atomic E-state index is 13.0. The Morgan fingerprint density at radius 2 is 1.74 bits per heavy atom. The summed E-state index contributed by atoms with van der Waals surface area (Å²) in [5.74, 6) is -0.276. The maximum Gasteiger partial charge on any atom is 0.407 e. The van der Waals surface area contributed by atoms with E-state index in [9.17, 15) is 9.18 Å². The molecule has 140 valence electrons. The Labute approximate surface area is 157 Å². The van der Waals surface area contributed by atoms with Gasteiger partial charge in [-0.25, -0.2) is 13.9 Å². The molecule has 0 bridgehead atoms. The van der Waals surface area contributed by atoms with Gasteiger partial charge in [0.15, 0.2) is 0 Å². The highest BCUT2D eigenvalue weighted by Crippen LogP contribution is 2.21. The molecule has 0 fully saturated rings. The van der Waals surface area contributed by atoms with Crippen LogP contribution in [0.1, 0.15) is 26.3 Å². The lowest BCUT2D eigenvalue weighted by Gasteiger charge is -2.19. The number of carbonyl (C=O) groups is 1. The molecule has 5 nitrogen and oxygen atoms in total. The SMILES string of the molecule is CC(C)(C)OC(=O)NCc1ccc(-c2cnn(-c3ccc(F)cc3)c2)cc1. The van der Waals surface area contributed by atoms with E-state index in [1.54, 1.807) is 23.0 Å². The quantitative estimate of drug-likeness (QED) is 0.727. The van der Waals surface area contributed by atoms with Crippen LogP contribution < -0.4 is 5.32 Å². The van der Waals surface area contributed by atoms with Crippen molar-refractivity contribution in [1.29, 1.82) is 0 Å². The number of aromatic nitrogens is 2. The number of amides is 1. The number of hydrogen-bond donors (Lipinski definition) is 1. The molecule has 3 aromatic rings. The highest BCUT2D eigenvalue weighted by Gasteiger charge is 2.15. The summed E-state index contributed by atoms with van der Waals surface area (Å²) in [6.07, 6.45) is 3.21. The maximum absolute atomic E-state index is 13.0. The topological polar surface area (TPSA) is 56.1 Å². The molecular weight excluding hydrogens is 345 g/mol. The van der Waals surface area contributed by atoms with Crippen LogP contribution >= 0.6 is 0 Å². The number of ether oxygens (including phenoxy) is 1. The van der Waals surface area contributed by atoms with Crippen molar-refractivity contribution < 1.29 is 13.9 Å². The molecule has 27 heavy (non-hydrogen) atoms. The third-order valence-electron chi connectivity index (χ3n) is 3.80. The number of nitrogens with zero attached hydrogens (tertiary/aromatic N) is 2. The molecule has 0 aliphatic rings. The third kappa shape index (κ3) is 5.17. The molecule has 1 N–H and O–H groups in total. The van der Waals surface area contributed by atoms with Crippen LogP contribution in [0.25, 0.3) is 16.8 Å². The fourth-order valence-corrected chi connectivity index (χ4v) is 2.51. The van der Waals surface area contributed by atoms with E-state index < -0.39 is 11.7 Å². The number of hydrogen-bond acceptors (Lipinski definition) is 3. The van der Waals surface area contributed by atoms with Crippen LogP contribution in [-0.2, 0) is 11.3 Å². The zero-order valence-corrected chi connectivity index (χ0v) is 15.6. The van der Waals surface area contributed by atoms with Crippen molar-refractivity contribution in [3.63, 3.8) is 0 Å². The summed E-state index contributed by atoms with van der Waals surface area (Å²) in [7, 11) is 0. The van der Waals surface area contributed by atoms with Gasteiger partial charge in [-0.05, 0) is 56.2 Å². The number of rotatable bonds is 4. The summed E-state index contributed by atoms with van der Waals surface area (Å²) >= 11 is 0. The zero-order valence-electron chi connectivity index (χ0n) is 15.6. The Hall–Kier alpha value is -3.15. The molecule has 0 unspecified atom stereocenters. The van der Waals surface area contributed by atoms with Crippen LogP contribution in [0.5, 0.6) is 0 Å². The predicted octanol–water partition coefficient (Wildman–Crippen LogP) is 4.70. The lowest BCUT2D eigenvalue weighted by molar-refractivity contribution is 0.0523. The molecule has 1 heterocycles. The third-order valence-corrected chi connectivity index (χ3v) is 3.80. The van der Waals surface area contributed by atoms with Crippen LogP contribution in [-0.4, -0.2) is 21.5 Å². The van der Waals surface area contributed by atoms with Gasteiger partial charge in [0.25, 0.3) is 0 Å². The minimum atomic E-state index is -0.515. The van der Waals surface area contributed by atoms with E-state index in [-0.39, 0.29) is 5.82 Å². The van der Waals surface area contributed by atoms with Gasteiger partial charge in [-0.3, -0.25) is 0 Å². The second-order valence-corrected chi connectivity index (χ2v) is 7.20. The molecule has 0 saturated heterocycles. The second-order valence-electron chi connectivity index (χ2n) is 7.20. The van der Waals surface area contributed by atoms with Gasteiger partial charge < -0.3 is 10.1 Å². The molecule has 1 aromatic heterocycles. The Bertz CT molecular complexity index is 910. The second kappa shape index (κ2) is 7.61. The minimum Gasteiger partial charge on any atom is -0.444 e. The van der Waals surface area contributed by atoms with Crippen LogP contribution in [0, 0.1) is 5.82 Å². The molecule has 1 amide bonds. The van der Waals surface area contributed by atoms with E-state index in [1.165, 1.54) is 12.1 Å². The number of nitrogens with one attached hydrogen (secondary N) is 1. The monoisotopic (exact) mass is 367 g/mol. The van der Waals surface area contributed by atoms with Crippen LogP contribution in [0.4, 0.5) is 9.18 Å². The normalized spacial score (nSPS) is 11.3. The standard InChI is InChI=1S/C21H22FN3O2/c1-21(2,3)27-20(26)23-12-15-4-6-16(7-5-15)17-13-24-25(14-17)19-10-8-18(22)9-11-19/h4-11,13-14H,12H2,1-3H3,(H,23,26). The number of benzene rings is 2. The average Bonchev–Trinajstić information content (AvgIpc) is 3.10. The van der Waals surface area contributed by atoms with Gasteiger partial charge in [-0.1, -0.05) is 24.3 Å². The molecule has 6 heteroatoms. The predicted molar refractivity (Wildman–Crippen MR) is 102 cm³/mol. The molecular formula is C21H22FN3O2. The fraction of sp³-hybridized carbons (Fsp3) is 0.238. The van der Waals surface area contributed by atoms with Crippen molar-refractivity contribution in [3.8, 4) is 16.8 Å². The van der Waals surface area contributed by atoms with E-state index in [2.05, 4.69) is 10.4 Å². The summed E-state index contributed by atoms with van der Waals surface area (Å²) in [6.45, 7) is 5.87. The van der Waals surface area contributed by atoms with Gasteiger partial charge in [0, 0.05) is 18.3 Å². The van der Waals surface area contributed by atoms with Gasteiger partial charge in [0.1, 0.15) is 11.4 Å². The highest BCUT2D eigenvalue weighted by atomic mass is 19.1. The Balaban J connectivity index is 1.64. The summed E-state index contributed by atoms with van der Waals surface area (Å²) < 4.78 is 20.0. The smallest absolute Gasteiger partial charge is 0.407 e. The first-order chi connectivity index (χ1) is 12.8. The van der Waals surface area contributed by atoms with Crippen LogP contribution in [0.15, 0.2) is 60.9 Å². The summed E-state index contributed by atoms with van der Waals surface area (Å²) in [5, 5.41) is 7.07. The van der Waals surface area contributed by atoms with Crippen molar-refractivity contribution in [1.82, 2.24) is 15.1 Å². The lowest BCUT2D eigenvalue weighted by atomic mass is 10.1. The minimum absolute atomic E-state index is 0.276. The van der Waals surface area contributed by atoms with Crippen molar-refractivity contribution >= 4 is 6.09 Å². The molecule has 0 spiro atoms. The van der Waals surface area contributed by atoms with E-state index in [4.69, 9.17) is 4.74 Å². The first-order valence-corrected chi connectivity index (χ1v) is 8.67. The number of carbonyl (C=O) groups excluding carboxylic acids is 1. The van der Waals surface area contributed by atoms with Gasteiger partial charge in [0.05, 0.1) is 11.9 Å². The highest BCUT2D eigenvalue weighted by molar-refractivity contribution is 5.68. The van der Waals surface area contributed by atoms with Gasteiger partial charge in [0.2, 0.25) is 0 Å². The molecule has 0 saturated carbocycles. The van der Waals surface area contributed by atoms with E-state index in [1.807, 2.05) is 51.2 Å². The average molecular weight is 367 g/mol. The van der Waals surface area contributed by atoms with Crippen LogP contribution in [0.2, 0.25) is 0 Å². The summed E-state index contributed by atoms with van der Waals surface area (Å²) in [6, 6.07) is 14.0. The number of alkyl carbamates (subject to hydrolysis) is 1. The Morgan fingerprint density at radius 1 is 1.07 bits per heavy atom. The summed E-state index contributed by atoms with van der Waals surface area (Å²) in [4.78, 5) is 11.7.